The molecule has 0 heterocycles. The number of carbonyl (C=O) groups is 1. The van der Waals surface area contributed by atoms with Gasteiger partial charge in [0.25, 0.3) is 0 Å². The van der Waals surface area contributed by atoms with Crippen LogP contribution in [0.2, 0.25) is 5.02 Å². The fourth-order valence-corrected chi connectivity index (χ4v) is 2.44. The van der Waals surface area contributed by atoms with Crippen LogP contribution < -0.4 is 5.32 Å². The van der Waals surface area contributed by atoms with Gasteiger partial charge in [0.05, 0.1) is 6.42 Å². The number of nitrogens with one attached hydrogen (secondary N) is 1. The number of alkyl halides is 1. The summed E-state index contributed by atoms with van der Waals surface area (Å²) in [5.41, 5.74) is 0.875. The minimum Gasteiger partial charge on any atom is -0.356 e. The van der Waals surface area contributed by atoms with Crippen LogP contribution in [0.1, 0.15) is 18.9 Å². The van der Waals surface area contributed by atoms with Gasteiger partial charge in [-0.15, -0.1) is 0 Å². The molecule has 0 saturated heterocycles. The van der Waals surface area contributed by atoms with Gasteiger partial charge >= 0.3 is 0 Å². The smallest absolute Gasteiger partial charge is 0.224 e. The molecule has 0 aliphatic rings. The molecule has 1 atom stereocenters. The highest BCUT2D eigenvalue weighted by molar-refractivity contribution is 9.09. The molecule has 1 rings (SSSR count). The van der Waals surface area contributed by atoms with Gasteiger partial charge in [0, 0.05) is 16.9 Å². The molecular weight excluding hydrogens is 302 g/mol. The Bertz CT molecular complexity index is 370. The Morgan fingerprint density at radius 2 is 2.18 bits per heavy atom. The lowest BCUT2D eigenvalue weighted by atomic mass is 10.1. The van der Waals surface area contributed by atoms with Crippen molar-refractivity contribution in [2.45, 2.75) is 19.8 Å². The van der Waals surface area contributed by atoms with E-state index in [9.17, 15) is 4.79 Å². The van der Waals surface area contributed by atoms with Crippen molar-refractivity contribution in [1.29, 1.82) is 0 Å². The number of halogens is 2. The van der Waals surface area contributed by atoms with Crippen LogP contribution in [-0.4, -0.2) is 17.8 Å². The van der Waals surface area contributed by atoms with E-state index in [0.717, 1.165) is 23.9 Å². The predicted octanol–water partition coefficient (Wildman–Crippen LogP) is 3.42. The highest BCUT2D eigenvalue weighted by atomic mass is 79.9. The summed E-state index contributed by atoms with van der Waals surface area (Å²) in [6, 6.07) is 7.44. The number of carbonyl (C=O) groups excluding carboxylic acids is 1. The van der Waals surface area contributed by atoms with Crippen molar-refractivity contribution in [2.24, 2.45) is 5.92 Å². The first-order chi connectivity index (χ1) is 8.13. The Morgan fingerprint density at radius 1 is 1.47 bits per heavy atom. The SMILES string of the molecule is CC(CCBr)CNC(=O)Cc1ccccc1Cl. The van der Waals surface area contributed by atoms with Gasteiger partial charge in [-0.05, 0) is 24.0 Å². The van der Waals surface area contributed by atoms with E-state index in [1.807, 2.05) is 18.2 Å². The number of rotatable bonds is 6. The van der Waals surface area contributed by atoms with E-state index in [2.05, 4.69) is 28.2 Å². The van der Waals surface area contributed by atoms with Crippen molar-refractivity contribution < 1.29 is 4.79 Å². The average molecular weight is 319 g/mol. The van der Waals surface area contributed by atoms with Crippen molar-refractivity contribution in [3.8, 4) is 0 Å². The van der Waals surface area contributed by atoms with E-state index in [-0.39, 0.29) is 5.91 Å². The van der Waals surface area contributed by atoms with Crippen molar-refractivity contribution in [3.05, 3.63) is 34.9 Å². The summed E-state index contributed by atoms with van der Waals surface area (Å²) in [5, 5.41) is 4.54. The molecular formula is C13H17BrClNO. The molecule has 0 aliphatic carbocycles. The van der Waals surface area contributed by atoms with Gasteiger partial charge in [0.15, 0.2) is 0 Å². The summed E-state index contributed by atoms with van der Waals surface area (Å²) < 4.78 is 0. The second-order valence-corrected chi connectivity index (χ2v) is 5.36. The third-order valence-electron chi connectivity index (χ3n) is 2.56. The Labute approximate surface area is 116 Å². The maximum atomic E-state index is 11.7. The largest absolute Gasteiger partial charge is 0.356 e. The standard InChI is InChI=1S/C13H17BrClNO/c1-10(6-7-14)9-16-13(17)8-11-4-2-3-5-12(11)15/h2-5,10H,6-9H2,1H3,(H,16,17). The lowest BCUT2D eigenvalue weighted by Crippen LogP contribution is -2.29. The van der Waals surface area contributed by atoms with E-state index >= 15 is 0 Å². The molecule has 1 unspecified atom stereocenters. The number of amides is 1. The van der Waals surface area contributed by atoms with Crippen LogP contribution in [0.3, 0.4) is 0 Å². The van der Waals surface area contributed by atoms with Crippen LogP contribution in [0.5, 0.6) is 0 Å². The lowest BCUT2D eigenvalue weighted by molar-refractivity contribution is -0.120. The topological polar surface area (TPSA) is 29.1 Å². The van der Waals surface area contributed by atoms with Crippen LogP contribution in [0.15, 0.2) is 24.3 Å². The van der Waals surface area contributed by atoms with E-state index in [0.29, 0.717) is 17.4 Å². The van der Waals surface area contributed by atoms with Crippen LogP contribution >= 0.6 is 27.5 Å². The summed E-state index contributed by atoms with van der Waals surface area (Å²) in [6.45, 7) is 2.84. The third-order valence-corrected chi connectivity index (χ3v) is 3.39. The lowest BCUT2D eigenvalue weighted by Gasteiger charge is -2.11. The Balaban J connectivity index is 2.37. The third kappa shape index (κ3) is 5.55. The van der Waals surface area contributed by atoms with Gasteiger partial charge in [0.1, 0.15) is 0 Å². The number of benzene rings is 1. The molecule has 0 aliphatic heterocycles. The molecule has 0 radical (unpaired) electrons. The fraction of sp³-hybridized carbons (Fsp3) is 0.462. The maximum absolute atomic E-state index is 11.7. The molecule has 17 heavy (non-hydrogen) atoms. The summed E-state index contributed by atoms with van der Waals surface area (Å²) in [5.74, 6) is 0.518. The van der Waals surface area contributed by atoms with E-state index in [4.69, 9.17) is 11.6 Å². The first-order valence-corrected chi connectivity index (χ1v) is 7.19. The molecule has 1 amide bonds. The molecule has 0 saturated carbocycles. The zero-order chi connectivity index (χ0) is 12.7. The summed E-state index contributed by atoms with van der Waals surface area (Å²) in [4.78, 5) is 11.7. The van der Waals surface area contributed by atoms with E-state index in [1.54, 1.807) is 6.07 Å². The predicted molar refractivity (Wildman–Crippen MR) is 75.7 cm³/mol. The zero-order valence-corrected chi connectivity index (χ0v) is 12.2. The zero-order valence-electron chi connectivity index (χ0n) is 9.88. The van der Waals surface area contributed by atoms with Crippen molar-refractivity contribution in [3.63, 3.8) is 0 Å². The van der Waals surface area contributed by atoms with Gasteiger partial charge in [-0.1, -0.05) is 52.7 Å². The highest BCUT2D eigenvalue weighted by Gasteiger charge is 2.08. The Hall–Kier alpha value is -0.540. The molecule has 0 spiro atoms. The van der Waals surface area contributed by atoms with Gasteiger partial charge in [-0.3, -0.25) is 4.79 Å². The number of hydrogen-bond donors (Lipinski definition) is 1. The van der Waals surface area contributed by atoms with E-state index < -0.39 is 0 Å². The average Bonchev–Trinajstić information content (AvgIpc) is 2.30. The fourth-order valence-electron chi connectivity index (χ4n) is 1.45. The minimum absolute atomic E-state index is 0.0273. The van der Waals surface area contributed by atoms with Crippen molar-refractivity contribution in [2.75, 3.05) is 11.9 Å². The molecule has 0 bridgehead atoms. The van der Waals surface area contributed by atoms with Gasteiger partial charge in [-0.25, -0.2) is 0 Å². The molecule has 2 nitrogen and oxygen atoms in total. The molecule has 4 heteroatoms. The van der Waals surface area contributed by atoms with Crippen LogP contribution in [0, 0.1) is 5.92 Å². The first-order valence-electron chi connectivity index (χ1n) is 5.69. The summed E-state index contributed by atoms with van der Waals surface area (Å²) in [7, 11) is 0. The van der Waals surface area contributed by atoms with Gasteiger partial charge in [0.2, 0.25) is 5.91 Å². The van der Waals surface area contributed by atoms with E-state index in [1.165, 1.54) is 0 Å². The minimum atomic E-state index is 0.0273. The molecule has 0 aromatic heterocycles. The normalized spacial score (nSPS) is 12.2. The second kappa shape index (κ2) is 7.72. The Kier molecular flexibility index (Phi) is 6.60. The maximum Gasteiger partial charge on any atom is 0.224 e. The molecule has 1 N–H and O–H groups in total. The summed E-state index contributed by atoms with van der Waals surface area (Å²) >= 11 is 9.38. The monoisotopic (exact) mass is 317 g/mol. The molecule has 94 valence electrons. The summed E-state index contributed by atoms with van der Waals surface area (Å²) in [6.07, 6.45) is 1.41. The van der Waals surface area contributed by atoms with Crippen molar-refractivity contribution in [1.82, 2.24) is 5.32 Å². The second-order valence-electron chi connectivity index (χ2n) is 4.16. The molecule has 0 fully saturated rings. The highest BCUT2D eigenvalue weighted by Crippen LogP contribution is 2.15. The quantitative estimate of drug-likeness (QED) is 0.800. The molecule has 1 aromatic rings. The number of hydrogen-bond acceptors (Lipinski definition) is 1. The Morgan fingerprint density at radius 3 is 2.82 bits per heavy atom. The van der Waals surface area contributed by atoms with Crippen molar-refractivity contribution >= 4 is 33.4 Å². The van der Waals surface area contributed by atoms with Crippen LogP contribution in [-0.2, 0) is 11.2 Å². The first kappa shape index (κ1) is 14.5. The van der Waals surface area contributed by atoms with Crippen LogP contribution in [0.4, 0.5) is 0 Å². The van der Waals surface area contributed by atoms with Gasteiger partial charge in [-0.2, -0.15) is 0 Å². The van der Waals surface area contributed by atoms with Gasteiger partial charge < -0.3 is 5.32 Å². The van der Waals surface area contributed by atoms with Crippen LogP contribution in [0.25, 0.3) is 0 Å². The molecule has 1 aromatic carbocycles.